The van der Waals surface area contributed by atoms with Gasteiger partial charge < -0.3 is 4.57 Å². The molecule has 0 unspecified atom stereocenters. The number of fused-ring (bicyclic) bond motifs is 1. The van der Waals surface area contributed by atoms with Crippen molar-refractivity contribution in [2.75, 3.05) is 0 Å². The van der Waals surface area contributed by atoms with Gasteiger partial charge in [0.15, 0.2) is 0 Å². The van der Waals surface area contributed by atoms with E-state index in [2.05, 4.69) is 22.9 Å². The van der Waals surface area contributed by atoms with Crippen LogP contribution in [0.25, 0.3) is 22.3 Å². The number of para-hydroxylation sites is 2. The number of nitrogens with zero attached hydrogens (tertiary/aromatic N) is 3. The Morgan fingerprint density at radius 1 is 1.19 bits per heavy atom. The summed E-state index contributed by atoms with van der Waals surface area (Å²) in [5.74, 6) is 6.03. The van der Waals surface area contributed by atoms with Gasteiger partial charge in [-0.3, -0.25) is 4.79 Å². The Kier molecular flexibility index (Phi) is 4.39. The lowest BCUT2D eigenvalue weighted by Gasteiger charge is -2.13. The summed E-state index contributed by atoms with van der Waals surface area (Å²) >= 11 is 0. The number of hydrogen-bond donors (Lipinski definition) is 0. The van der Waals surface area contributed by atoms with Crippen LogP contribution in [-0.2, 0) is 6.54 Å². The fourth-order valence-electron chi connectivity index (χ4n) is 3.07. The molecule has 4 rings (SSSR count). The normalized spacial score (nSPS) is 12.6. The maximum absolute atomic E-state index is 13.3. The van der Waals surface area contributed by atoms with E-state index in [0.717, 1.165) is 16.6 Å². The lowest BCUT2D eigenvalue weighted by molar-refractivity contribution is 0.789. The topological polar surface area (TPSA) is 58.7 Å². The highest BCUT2D eigenvalue weighted by Gasteiger charge is 2.14. The second kappa shape index (κ2) is 7.15. The van der Waals surface area contributed by atoms with Gasteiger partial charge >= 0.3 is 0 Å². The molecule has 0 spiro atoms. The van der Waals surface area contributed by atoms with E-state index in [1.54, 1.807) is 28.8 Å². The Labute approximate surface area is 156 Å². The van der Waals surface area contributed by atoms with Gasteiger partial charge in [-0.1, -0.05) is 48.3 Å². The number of aromatic nitrogens is 2. The third-order valence-electron chi connectivity index (χ3n) is 4.37. The van der Waals surface area contributed by atoms with Crippen LogP contribution in [0.5, 0.6) is 0 Å². The number of hydrogen-bond acceptors (Lipinski definition) is 3. The molecule has 0 saturated heterocycles. The minimum absolute atomic E-state index is 0.185. The first-order chi connectivity index (χ1) is 13.3. The van der Waals surface area contributed by atoms with Gasteiger partial charge in [0.1, 0.15) is 5.69 Å². The van der Waals surface area contributed by atoms with Gasteiger partial charge in [-0.25, -0.2) is 4.98 Å². The Hall–Kier alpha value is -3.89. The van der Waals surface area contributed by atoms with Crippen molar-refractivity contribution in [2.24, 2.45) is 0 Å². The van der Waals surface area contributed by atoms with E-state index < -0.39 is 0 Å². The summed E-state index contributed by atoms with van der Waals surface area (Å²) in [6.45, 7) is 0.415. The molecule has 0 aliphatic heterocycles. The highest BCUT2D eigenvalue weighted by Crippen LogP contribution is 2.19. The number of rotatable bonds is 3. The maximum Gasteiger partial charge on any atom is 0.277 e. The highest BCUT2D eigenvalue weighted by atomic mass is 16.1. The summed E-state index contributed by atoms with van der Waals surface area (Å²) in [4.78, 5) is 17.9. The van der Waals surface area contributed by atoms with Crippen molar-refractivity contribution in [3.8, 4) is 29.2 Å². The highest BCUT2D eigenvalue weighted by molar-refractivity contribution is 5.78. The van der Waals surface area contributed by atoms with E-state index in [1.807, 2.05) is 42.5 Å². The Balaban J connectivity index is 1.93. The van der Waals surface area contributed by atoms with Crippen molar-refractivity contribution in [1.82, 2.24) is 9.55 Å². The molecule has 1 heterocycles. The third-order valence-corrected chi connectivity index (χ3v) is 4.37. The average molecular weight is 349 g/mol. The van der Waals surface area contributed by atoms with Crippen LogP contribution < -0.4 is 5.56 Å². The van der Waals surface area contributed by atoms with Crippen LogP contribution >= 0.6 is 0 Å². The van der Waals surface area contributed by atoms with Crippen molar-refractivity contribution < 1.29 is 0 Å². The van der Waals surface area contributed by atoms with Gasteiger partial charge in [0.25, 0.3) is 5.56 Å². The summed E-state index contributed by atoms with van der Waals surface area (Å²) in [6, 6.07) is 16.7. The van der Waals surface area contributed by atoms with E-state index >= 15 is 0 Å². The number of benzene rings is 2. The third kappa shape index (κ3) is 3.29. The Morgan fingerprint density at radius 2 is 2.07 bits per heavy atom. The van der Waals surface area contributed by atoms with E-state index in [4.69, 9.17) is 5.26 Å². The first-order valence-electron chi connectivity index (χ1n) is 8.60. The molecule has 1 aliphatic carbocycles. The second-order valence-electron chi connectivity index (χ2n) is 6.18. The van der Waals surface area contributed by atoms with Crippen LogP contribution in [0.1, 0.15) is 12.0 Å². The van der Waals surface area contributed by atoms with Gasteiger partial charge in [0, 0.05) is 12.0 Å². The molecular formula is C23H15N3O. The Morgan fingerprint density at radius 3 is 2.96 bits per heavy atom. The Bertz CT molecular complexity index is 1260. The molecule has 0 atom stereocenters. The molecule has 3 aromatic rings. The van der Waals surface area contributed by atoms with Gasteiger partial charge in [-0.2, -0.15) is 5.26 Å². The molecule has 128 valence electrons. The lowest BCUT2D eigenvalue weighted by atomic mass is 10.1. The lowest BCUT2D eigenvalue weighted by Crippen LogP contribution is -2.24. The van der Waals surface area contributed by atoms with Crippen LogP contribution in [0.2, 0.25) is 0 Å². The molecule has 4 heteroatoms. The van der Waals surface area contributed by atoms with Crippen LogP contribution in [0.15, 0.2) is 77.1 Å². The van der Waals surface area contributed by atoms with E-state index in [1.165, 1.54) is 0 Å². The van der Waals surface area contributed by atoms with Crippen molar-refractivity contribution in [2.45, 2.75) is 13.0 Å². The molecule has 0 radical (unpaired) electrons. The number of nitriles is 1. The zero-order valence-corrected chi connectivity index (χ0v) is 14.5. The monoisotopic (exact) mass is 349 g/mol. The maximum atomic E-state index is 13.3. The van der Waals surface area contributed by atoms with Gasteiger partial charge in [0.05, 0.1) is 29.2 Å². The minimum Gasteiger partial charge on any atom is -0.300 e. The largest absolute Gasteiger partial charge is 0.300 e. The quantitative estimate of drug-likeness (QED) is 0.675. The van der Waals surface area contributed by atoms with Crippen LogP contribution in [0.4, 0.5) is 0 Å². The molecule has 1 aromatic heterocycles. The molecule has 27 heavy (non-hydrogen) atoms. The van der Waals surface area contributed by atoms with Crippen molar-refractivity contribution in [3.63, 3.8) is 0 Å². The molecular weight excluding hydrogens is 334 g/mol. The first kappa shape index (κ1) is 16.6. The van der Waals surface area contributed by atoms with Gasteiger partial charge in [-0.05, 0) is 35.9 Å². The zero-order valence-electron chi connectivity index (χ0n) is 14.5. The summed E-state index contributed by atoms with van der Waals surface area (Å²) in [5, 5.41) is 9.17. The predicted octanol–water partition coefficient (Wildman–Crippen LogP) is 3.82. The standard InChI is InChI=1S/C23H15N3O/c24-15-18-10-7-11-19(14-18)22-23(27)26(16-17-8-3-1-2-4-9-17)21-13-6-5-12-20(21)25-22/h3,5-14H,1,16H2. The molecule has 4 nitrogen and oxygen atoms in total. The summed E-state index contributed by atoms with van der Waals surface area (Å²) in [6.07, 6.45) is 6.54. The van der Waals surface area contributed by atoms with Crippen LogP contribution in [0, 0.1) is 23.2 Å². The second-order valence-corrected chi connectivity index (χ2v) is 6.18. The SMILES string of the molecule is N#Cc1cccc(-c2nc3ccccc3n(CC3=CC#CCC=C3)c2=O)c1. The van der Waals surface area contributed by atoms with E-state index in [-0.39, 0.29) is 5.56 Å². The summed E-state index contributed by atoms with van der Waals surface area (Å²) in [5.41, 5.74) is 3.77. The fourth-order valence-corrected chi connectivity index (χ4v) is 3.07. The number of allylic oxidation sites excluding steroid dienone is 4. The molecule has 0 fully saturated rings. The average Bonchev–Trinajstić information content (AvgIpc) is 2.98. The molecule has 0 N–H and O–H groups in total. The van der Waals surface area contributed by atoms with Gasteiger partial charge in [-0.15, -0.1) is 0 Å². The fraction of sp³-hybridized carbons (Fsp3) is 0.0870. The molecule has 0 amide bonds. The zero-order chi connectivity index (χ0) is 18.6. The molecule has 1 aliphatic rings. The van der Waals surface area contributed by atoms with Crippen molar-refractivity contribution >= 4 is 11.0 Å². The van der Waals surface area contributed by atoms with Crippen LogP contribution in [-0.4, -0.2) is 9.55 Å². The van der Waals surface area contributed by atoms with E-state index in [0.29, 0.717) is 29.8 Å². The predicted molar refractivity (Wildman–Crippen MR) is 106 cm³/mol. The molecule has 0 saturated carbocycles. The molecule has 2 aromatic carbocycles. The van der Waals surface area contributed by atoms with Crippen molar-refractivity contribution in [1.29, 1.82) is 5.26 Å². The summed E-state index contributed by atoms with van der Waals surface area (Å²) < 4.78 is 1.72. The van der Waals surface area contributed by atoms with E-state index in [9.17, 15) is 4.79 Å². The first-order valence-corrected chi connectivity index (χ1v) is 8.60. The smallest absolute Gasteiger partial charge is 0.277 e. The molecule has 0 bridgehead atoms. The van der Waals surface area contributed by atoms with Crippen LogP contribution in [0.3, 0.4) is 0 Å². The minimum atomic E-state index is -0.185. The summed E-state index contributed by atoms with van der Waals surface area (Å²) in [7, 11) is 0. The van der Waals surface area contributed by atoms with Gasteiger partial charge in [0.2, 0.25) is 0 Å². The van der Waals surface area contributed by atoms with Crippen molar-refractivity contribution in [3.05, 3.63) is 88.2 Å².